The topological polar surface area (TPSA) is 0 Å². The minimum absolute atomic E-state index is 0.194. The molecule has 0 nitrogen and oxygen atoms in total. The van der Waals surface area contributed by atoms with Gasteiger partial charge in [0.15, 0.2) is 0 Å². The van der Waals surface area contributed by atoms with Crippen molar-refractivity contribution in [2.75, 3.05) is 0 Å². The summed E-state index contributed by atoms with van der Waals surface area (Å²) in [6.07, 6.45) is 4.54. The molecular formula is C18H17Br2F. The maximum Gasteiger partial charge on any atom is 0.137 e. The van der Waals surface area contributed by atoms with E-state index in [1.807, 2.05) is 12.1 Å². The minimum Gasteiger partial charge on any atom is -0.206 e. The number of halogens is 3. The van der Waals surface area contributed by atoms with Crippen LogP contribution in [0.15, 0.2) is 46.9 Å². The van der Waals surface area contributed by atoms with Gasteiger partial charge in [-0.1, -0.05) is 46.3 Å². The van der Waals surface area contributed by atoms with Crippen molar-refractivity contribution in [1.82, 2.24) is 0 Å². The van der Waals surface area contributed by atoms with Crippen molar-refractivity contribution in [3.63, 3.8) is 0 Å². The second-order valence-corrected chi connectivity index (χ2v) is 7.55. The van der Waals surface area contributed by atoms with Crippen LogP contribution >= 0.6 is 31.9 Å². The van der Waals surface area contributed by atoms with E-state index in [0.717, 1.165) is 12.8 Å². The van der Waals surface area contributed by atoms with Crippen molar-refractivity contribution in [2.45, 2.75) is 30.5 Å². The highest BCUT2D eigenvalue weighted by Gasteiger charge is 2.25. The molecule has 1 aliphatic carbocycles. The summed E-state index contributed by atoms with van der Waals surface area (Å²) in [6, 6.07) is 14.1. The third-order valence-electron chi connectivity index (χ3n) is 4.27. The zero-order valence-electron chi connectivity index (χ0n) is 11.7. The molecule has 3 heteroatoms. The number of benzene rings is 2. The van der Waals surface area contributed by atoms with Gasteiger partial charge in [0.05, 0.1) is 4.47 Å². The van der Waals surface area contributed by atoms with Crippen molar-refractivity contribution >= 4 is 31.9 Å². The lowest BCUT2D eigenvalue weighted by Gasteiger charge is -2.22. The van der Waals surface area contributed by atoms with Crippen LogP contribution in [0, 0.1) is 11.7 Å². The lowest BCUT2D eigenvalue weighted by atomic mass is 9.90. The molecule has 2 aromatic carbocycles. The highest BCUT2D eigenvalue weighted by atomic mass is 79.9. The standard InChI is InChI=1S/C18H17Br2F/c19-16-11-12(8-9-17(16)21)10-14-6-3-5-13-4-1-2-7-15(13)18(14)20/h1-2,4,7-9,11,14,18H,3,5-6,10H2. The van der Waals surface area contributed by atoms with Crippen LogP contribution in [0.5, 0.6) is 0 Å². The summed E-state index contributed by atoms with van der Waals surface area (Å²) in [6.45, 7) is 0. The molecule has 0 aromatic heterocycles. The first-order valence-electron chi connectivity index (χ1n) is 7.31. The highest BCUT2D eigenvalue weighted by Crippen LogP contribution is 2.41. The quantitative estimate of drug-likeness (QED) is 0.406. The van der Waals surface area contributed by atoms with E-state index < -0.39 is 0 Å². The summed E-state index contributed by atoms with van der Waals surface area (Å²) in [5.41, 5.74) is 4.07. The molecule has 0 heterocycles. The van der Waals surface area contributed by atoms with E-state index in [4.69, 9.17) is 0 Å². The Labute approximate surface area is 142 Å². The maximum absolute atomic E-state index is 13.4. The maximum atomic E-state index is 13.4. The van der Waals surface area contributed by atoms with E-state index in [1.54, 1.807) is 6.07 Å². The number of rotatable bonds is 2. The highest BCUT2D eigenvalue weighted by molar-refractivity contribution is 9.10. The zero-order chi connectivity index (χ0) is 14.8. The first-order valence-corrected chi connectivity index (χ1v) is 9.02. The predicted molar refractivity (Wildman–Crippen MR) is 92.3 cm³/mol. The lowest BCUT2D eigenvalue weighted by molar-refractivity contribution is 0.474. The van der Waals surface area contributed by atoms with E-state index in [-0.39, 0.29) is 5.82 Å². The molecule has 2 aromatic rings. The van der Waals surface area contributed by atoms with Crippen LogP contribution in [-0.4, -0.2) is 0 Å². The monoisotopic (exact) mass is 410 g/mol. The summed E-state index contributed by atoms with van der Waals surface area (Å²) in [5, 5.41) is 0. The molecule has 21 heavy (non-hydrogen) atoms. The lowest BCUT2D eigenvalue weighted by Crippen LogP contribution is -2.10. The van der Waals surface area contributed by atoms with E-state index in [0.29, 0.717) is 15.2 Å². The Morgan fingerprint density at radius 2 is 1.95 bits per heavy atom. The van der Waals surface area contributed by atoms with Gasteiger partial charge in [0.1, 0.15) is 5.82 Å². The van der Waals surface area contributed by atoms with Gasteiger partial charge in [0.25, 0.3) is 0 Å². The van der Waals surface area contributed by atoms with Crippen molar-refractivity contribution in [3.8, 4) is 0 Å². The third-order valence-corrected chi connectivity index (χ3v) is 6.12. The number of hydrogen-bond acceptors (Lipinski definition) is 0. The van der Waals surface area contributed by atoms with E-state index in [2.05, 4.69) is 56.1 Å². The fraction of sp³-hybridized carbons (Fsp3) is 0.333. The van der Waals surface area contributed by atoms with Gasteiger partial charge < -0.3 is 0 Å². The normalized spacial score (nSPS) is 21.7. The average Bonchev–Trinajstić information content (AvgIpc) is 2.64. The summed E-state index contributed by atoms with van der Waals surface area (Å²) >= 11 is 7.19. The van der Waals surface area contributed by atoms with E-state index in [1.165, 1.54) is 29.5 Å². The number of alkyl halides is 1. The van der Waals surface area contributed by atoms with Crippen molar-refractivity contribution in [2.24, 2.45) is 5.92 Å². The van der Waals surface area contributed by atoms with Gasteiger partial charge in [-0.2, -0.15) is 0 Å². The summed E-state index contributed by atoms with van der Waals surface area (Å²) < 4.78 is 13.9. The number of aryl methyl sites for hydroxylation is 1. The van der Waals surface area contributed by atoms with Crippen LogP contribution in [0.1, 0.15) is 34.4 Å². The molecule has 0 saturated heterocycles. The summed E-state index contributed by atoms with van der Waals surface area (Å²) in [7, 11) is 0. The molecule has 3 rings (SSSR count). The average molecular weight is 412 g/mol. The summed E-state index contributed by atoms with van der Waals surface area (Å²) in [5.74, 6) is 0.353. The molecule has 0 spiro atoms. The van der Waals surface area contributed by atoms with Gasteiger partial charge in [-0.3, -0.25) is 0 Å². The predicted octanol–water partition coefficient (Wildman–Crippen LogP) is 6.22. The molecule has 0 amide bonds. The van der Waals surface area contributed by atoms with Gasteiger partial charge in [-0.15, -0.1) is 0 Å². The Kier molecular flexibility index (Phi) is 4.80. The third kappa shape index (κ3) is 3.40. The van der Waals surface area contributed by atoms with E-state index >= 15 is 0 Å². The largest absolute Gasteiger partial charge is 0.206 e. The molecule has 2 unspecified atom stereocenters. The van der Waals surface area contributed by atoms with Gasteiger partial charge in [0.2, 0.25) is 0 Å². The van der Waals surface area contributed by atoms with Crippen molar-refractivity contribution in [1.29, 1.82) is 0 Å². The van der Waals surface area contributed by atoms with Crippen LogP contribution in [0.3, 0.4) is 0 Å². The Hall–Kier alpha value is -0.670. The van der Waals surface area contributed by atoms with Crippen LogP contribution in [-0.2, 0) is 12.8 Å². The molecule has 0 N–H and O–H groups in total. The molecule has 0 aliphatic heterocycles. The first-order chi connectivity index (χ1) is 10.1. The summed E-state index contributed by atoms with van der Waals surface area (Å²) in [4.78, 5) is 0.375. The molecule has 1 aliphatic rings. The molecular weight excluding hydrogens is 395 g/mol. The molecule has 110 valence electrons. The van der Waals surface area contributed by atoms with Crippen LogP contribution in [0.4, 0.5) is 4.39 Å². The Balaban J connectivity index is 1.84. The fourth-order valence-electron chi connectivity index (χ4n) is 3.16. The second-order valence-electron chi connectivity index (χ2n) is 5.71. The Morgan fingerprint density at radius 3 is 2.76 bits per heavy atom. The SMILES string of the molecule is Fc1ccc(CC2CCCc3ccccc3C2Br)cc1Br. The van der Waals surface area contributed by atoms with Gasteiger partial charge >= 0.3 is 0 Å². The first kappa shape index (κ1) is 15.2. The molecule has 0 radical (unpaired) electrons. The van der Waals surface area contributed by atoms with Crippen LogP contribution in [0.2, 0.25) is 0 Å². The Morgan fingerprint density at radius 1 is 1.14 bits per heavy atom. The van der Waals surface area contributed by atoms with Gasteiger partial charge in [-0.25, -0.2) is 4.39 Å². The number of hydrogen-bond donors (Lipinski definition) is 0. The number of fused-ring (bicyclic) bond motifs is 1. The zero-order valence-corrected chi connectivity index (χ0v) is 14.8. The van der Waals surface area contributed by atoms with Crippen molar-refractivity contribution in [3.05, 3.63) is 69.4 Å². The smallest absolute Gasteiger partial charge is 0.137 e. The van der Waals surface area contributed by atoms with Gasteiger partial charge in [-0.05, 0) is 76.4 Å². The molecule has 2 atom stereocenters. The second kappa shape index (κ2) is 6.62. The van der Waals surface area contributed by atoms with Crippen LogP contribution in [0.25, 0.3) is 0 Å². The van der Waals surface area contributed by atoms with Crippen molar-refractivity contribution < 1.29 is 4.39 Å². The minimum atomic E-state index is -0.194. The van der Waals surface area contributed by atoms with E-state index in [9.17, 15) is 4.39 Å². The van der Waals surface area contributed by atoms with Gasteiger partial charge in [0, 0.05) is 4.83 Å². The molecule has 0 saturated carbocycles. The molecule has 0 fully saturated rings. The Bertz CT molecular complexity index is 639. The fourth-order valence-corrected chi connectivity index (χ4v) is 4.48. The molecule has 0 bridgehead atoms. The van der Waals surface area contributed by atoms with Crippen LogP contribution < -0.4 is 0 Å².